The second-order valence-corrected chi connectivity index (χ2v) is 6.44. The Morgan fingerprint density at radius 1 is 0.667 bits per heavy atom. The zero-order valence-electron chi connectivity index (χ0n) is 13.0. The number of rotatable bonds is 0. The number of aliphatic hydroxyl groups is 2. The molecular formula is C22H16O2. The summed E-state index contributed by atoms with van der Waals surface area (Å²) in [7, 11) is 0. The third kappa shape index (κ3) is 1.84. The van der Waals surface area contributed by atoms with Crippen LogP contribution in [0.15, 0.2) is 66.7 Å². The minimum atomic E-state index is -0.860. The normalized spacial score (nSPS) is 19.9. The van der Waals surface area contributed by atoms with E-state index in [1.807, 2.05) is 18.2 Å². The zero-order valence-corrected chi connectivity index (χ0v) is 13.0. The summed E-state index contributed by atoms with van der Waals surface area (Å²) in [5.74, 6) is 0. The van der Waals surface area contributed by atoms with Gasteiger partial charge in [0, 0.05) is 0 Å². The third-order valence-electron chi connectivity index (χ3n) is 5.06. The van der Waals surface area contributed by atoms with Gasteiger partial charge < -0.3 is 10.2 Å². The summed E-state index contributed by atoms with van der Waals surface area (Å²) < 4.78 is 0. The van der Waals surface area contributed by atoms with Gasteiger partial charge in [0.25, 0.3) is 0 Å². The summed E-state index contributed by atoms with van der Waals surface area (Å²) >= 11 is 0. The van der Waals surface area contributed by atoms with Crippen LogP contribution in [0.5, 0.6) is 0 Å². The summed E-state index contributed by atoms with van der Waals surface area (Å²) in [4.78, 5) is 0. The number of benzene rings is 4. The summed E-state index contributed by atoms with van der Waals surface area (Å²) in [5.41, 5.74) is 1.79. The van der Waals surface area contributed by atoms with Gasteiger partial charge in [-0.1, -0.05) is 60.7 Å². The molecule has 0 radical (unpaired) electrons. The van der Waals surface area contributed by atoms with Crippen molar-refractivity contribution in [3.05, 3.63) is 77.9 Å². The summed E-state index contributed by atoms with van der Waals surface area (Å²) in [5, 5.41) is 27.3. The lowest BCUT2D eigenvalue weighted by molar-refractivity contribution is 0.0471. The van der Waals surface area contributed by atoms with Gasteiger partial charge in [-0.3, -0.25) is 0 Å². The molecule has 1 aliphatic carbocycles. The van der Waals surface area contributed by atoms with Crippen LogP contribution < -0.4 is 0 Å². The monoisotopic (exact) mass is 312 g/mol. The van der Waals surface area contributed by atoms with E-state index >= 15 is 0 Å². The standard InChI is InChI=1S/C22H16O2/c23-21-10-9-17-18(22(21)24)8-7-15-11-19-14(12-20(15)17)6-5-13-3-1-2-4-16(13)19/h1-12,21-24H/t21-,22?/m0/s1. The molecule has 0 spiro atoms. The Kier molecular flexibility index (Phi) is 2.81. The number of hydrogen-bond acceptors (Lipinski definition) is 2. The quantitative estimate of drug-likeness (QED) is 0.369. The molecule has 2 nitrogen and oxygen atoms in total. The molecule has 1 unspecified atom stereocenters. The first-order chi connectivity index (χ1) is 11.7. The van der Waals surface area contributed by atoms with Gasteiger partial charge in [0.1, 0.15) is 12.2 Å². The Morgan fingerprint density at radius 3 is 2.29 bits per heavy atom. The van der Waals surface area contributed by atoms with Crippen LogP contribution in [0.25, 0.3) is 38.4 Å². The second kappa shape index (κ2) is 4.91. The fraction of sp³-hybridized carbons (Fsp3) is 0.0909. The molecule has 116 valence electrons. The highest BCUT2D eigenvalue weighted by atomic mass is 16.3. The molecule has 2 heteroatoms. The van der Waals surface area contributed by atoms with Gasteiger partial charge in [0.15, 0.2) is 0 Å². The average molecular weight is 312 g/mol. The van der Waals surface area contributed by atoms with E-state index in [0.717, 1.165) is 21.9 Å². The summed E-state index contributed by atoms with van der Waals surface area (Å²) in [6.07, 6.45) is 1.89. The largest absolute Gasteiger partial charge is 0.386 e. The lowest BCUT2D eigenvalue weighted by Crippen LogP contribution is -2.19. The second-order valence-electron chi connectivity index (χ2n) is 6.44. The van der Waals surface area contributed by atoms with Crippen molar-refractivity contribution in [3.8, 4) is 0 Å². The Hall–Kier alpha value is -2.68. The van der Waals surface area contributed by atoms with Crippen molar-refractivity contribution in [3.63, 3.8) is 0 Å². The van der Waals surface area contributed by atoms with Crippen molar-refractivity contribution in [2.45, 2.75) is 12.2 Å². The average Bonchev–Trinajstić information content (AvgIpc) is 2.63. The van der Waals surface area contributed by atoms with Crippen LogP contribution in [0.1, 0.15) is 17.2 Å². The highest BCUT2D eigenvalue weighted by molar-refractivity contribution is 6.13. The predicted octanol–water partition coefficient (Wildman–Crippen LogP) is 4.57. The lowest BCUT2D eigenvalue weighted by atomic mass is 9.87. The van der Waals surface area contributed by atoms with Gasteiger partial charge in [0.2, 0.25) is 0 Å². The van der Waals surface area contributed by atoms with Gasteiger partial charge >= 0.3 is 0 Å². The van der Waals surface area contributed by atoms with Gasteiger partial charge in [-0.05, 0) is 55.6 Å². The van der Waals surface area contributed by atoms with Crippen molar-refractivity contribution >= 4 is 38.4 Å². The van der Waals surface area contributed by atoms with E-state index in [0.29, 0.717) is 0 Å². The van der Waals surface area contributed by atoms with Crippen LogP contribution >= 0.6 is 0 Å². The molecule has 0 aliphatic heterocycles. The molecule has 0 fully saturated rings. The minimum absolute atomic E-state index is 0.789. The maximum Gasteiger partial charge on any atom is 0.109 e. The van der Waals surface area contributed by atoms with E-state index in [9.17, 15) is 10.2 Å². The molecule has 4 aromatic rings. The molecule has 1 aliphatic rings. The predicted molar refractivity (Wildman–Crippen MR) is 99.0 cm³/mol. The maximum atomic E-state index is 10.2. The highest BCUT2D eigenvalue weighted by Crippen LogP contribution is 2.36. The number of fused-ring (bicyclic) bond motifs is 6. The van der Waals surface area contributed by atoms with Crippen LogP contribution in [0.2, 0.25) is 0 Å². The van der Waals surface area contributed by atoms with E-state index < -0.39 is 12.2 Å². The Balaban J connectivity index is 1.89. The van der Waals surface area contributed by atoms with Crippen molar-refractivity contribution in [2.24, 2.45) is 0 Å². The third-order valence-corrected chi connectivity index (χ3v) is 5.06. The minimum Gasteiger partial charge on any atom is -0.386 e. The number of hydrogen-bond donors (Lipinski definition) is 2. The first kappa shape index (κ1) is 13.7. The van der Waals surface area contributed by atoms with Crippen LogP contribution in [-0.4, -0.2) is 16.3 Å². The van der Waals surface area contributed by atoms with Crippen LogP contribution in [0.3, 0.4) is 0 Å². The summed E-state index contributed by atoms with van der Waals surface area (Å²) in [6.45, 7) is 0. The Bertz CT molecular complexity index is 1140. The summed E-state index contributed by atoms with van der Waals surface area (Å²) in [6, 6.07) is 21.1. The molecule has 24 heavy (non-hydrogen) atoms. The van der Waals surface area contributed by atoms with E-state index in [1.165, 1.54) is 21.5 Å². The fourth-order valence-corrected chi connectivity index (χ4v) is 3.80. The van der Waals surface area contributed by atoms with Gasteiger partial charge in [-0.25, -0.2) is 0 Å². The zero-order chi connectivity index (χ0) is 16.3. The molecule has 0 aromatic heterocycles. The molecule has 0 bridgehead atoms. The van der Waals surface area contributed by atoms with E-state index in [2.05, 4.69) is 48.5 Å². The first-order valence-electron chi connectivity index (χ1n) is 8.15. The molecule has 5 rings (SSSR count). The van der Waals surface area contributed by atoms with E-state index in [4.69, 9.17) is 0 Å². The highest BCUT2D eigenvalue weighted by Gasteiger charge is 2.23. The van der Waals surface area contributed by atoms with Crippen LogP contribution in [0.4, 0.5) is 0 Å². The first-order valence-corrected chi connectivity index (χ1v) is 8.15. The van der Waals surface area contributed by atoms with E-state index in [-0.39, 0.29) is 0 Å². The lowest BCUT2D eigenvalue weighted by Gasteiger charge is -2.23. The molecule has 2 atom stereocenters. The Morgan fingerprint density at radius 2 is 1.38 bits per heavy atom. The van der Waals surface area contributed by atoms with E-state index in [1.54, 1.807) is 6.08 Å². The van der Waals surface area contributed by atoms with Crippen molar-refractivity contribution < 1.29 is 10.2 Å². The Labute approximate surface area is 139 Å². The topological polar surface area (TPSA) is 40.5 Å². The van der Waals surface area contributed by atoms with Crippen molar-refractivity contribution in [2.75, 3.05) is 0 Å². The van der Waals surface area contributed by atoms with Gasteiger partial charge in [-0.15, -0.1) is 0 Å². The number of aliphatic hydroxyl groups excluding tert-OH is 2. The molecular weight excluding hydrogens is 296 g/mol. The molecule has 0 amide bonds. The molecule has 0 saturated heterocycles. The maximum absolute atomic E-state index is 10.2. The van der Waals surface area contributed by atoms with Gasteiger partial charge in [0.05, 0.1) is 0 Å². The van der Waals surface area contributed by atoms with Gasteiger partial charge in [-0.2, -0.15) is 0 Å². The molecule has 4 aromatic carbocycles. The molecule has 0 saturated carbocycles. The SMILES string of the molecule is OC1c2ccc3cc4c(ccc5ccccc54)cc3c2C=C[C@@H]1O. The van der Waals surface area contributed by atoms with Crippen molar-refractivity contribution in [1.82, 2.24) is 0 Å². The smallest absolute Gasteiger partial charge is 0.109 e. The van der Waals surface area contributed by atoms with Crippen molar-refractivity contribution in [1.29, 1.82) is 0 Å². The van der Waals surface area contributed by atoms with Crippen LogP contribution in [-0.2, 0) is 0 Å². The molecule has 0 heterocycles. The van der Waals surface area contributed by atoms with Crippen LogP contribution in [0, 0.1) is 0 Å². The fourth-order valence-electron chi connectivity index (χ4n) is 3.80. The molecule has 2 N–H and O–H groups in total.